The van der Waals surface area contributed by atoms with E-state index in [4.69, 9.17) is 11.6 Å². The van der Waals surface area contributed by atoms with Gasteiger partial charge in [0.05, 0.1) is 11.7 Å². The summed E-state index contributed by atoms with van der Waals surface area (Å²) >= 11 is 6.30. The molecule has 1 heterocycles. The van der Waals surface area contributed by atoms with Crippen molar-refractivity contribution >= 4 is 11.6 Å². The summed E-state index contributed by atoms with van der Waals surface area (Å²) in [6.07, 6.45) is 4.05. The van der Waals surface area contributed by atoms with Crippen molar-refractivity contribution in [3.8, 4) is 0 Å². The molecule has 1 N–H and O–H groups in total. The van der Waals surface area contributed by atoms with Crippen LogP contribution < -0.4 is 5.32 Å². The van der Waals surface area contributed by atoms with Gasteiger partial charge in [-0.3, -0.25) is 4.68 Å². The van der Waals surface area contributed by atoms with Crippen molar-refractivity contribution in [2.45, 2.75) is 46.2 Å². The Hall–Kier alpha value is -1.32. The first kappa shape index (κ1) is 16.1. The van der Waals surface area contributed by atoms with Gasteiger partial charge in [-0.25, -0.2) is 0 Å². The Bertz CT molecular complexity index is 577. The summed E-state index contributed by atoms with van der Waals surface area (Å²) in [5, 5.41) is 8.91. The largest absolute Gasteiger partial charge is 0.305 e. The Morgan fingerprint density at radius 1 is 1.24 bits per heavy atom. The standard InChI is InChI=1S/C17H24ClN3/c1-4-10-19-17(14-7-6-8-15(18)13(14)3)16-9-11-20-21(16)12-5-2/h6-9,11,17,19H,4-5,10,12H2,1-3H3. The Kier molecular flexibility index (Phi) is 5.83. The van der Waals surface area contributed by atoms with Crippen LogP contribution in [0.1, 0.15) is 49.6 Å². The second-order valence-electron chi connectivity index (χ2n) is 5.32. The number of aromatic nitrogens is 2. The molecule has 0 aliphatic heterocycles. The fourth-order valence-corrected chi connectivity index (χ4v) is 2.77. The third kappa shape index (κ3) is 3.66. The molecular weight excluding hydrogens is 282 g/mol. The zero-order chi connectivity index (χ0) is 15.2. The van der Waals surface area contributed by atoms with Crippen LogP contribution in [0.15, 0.2) is 30.5 Å². The molecule has 0 radical (unpaired) electrons. The van der Waals surface area contributed by atoms with Gasteiger partial charge in [-0.05, 0) is 49.6 Å². The molecule has 0 spiro atoms. The second kappa shape index (κ2) is 7.62. The Morgan fingerprint density at radius 2 is 2.05 bits per heavy atom. The highest BCUT2D eigenvalue weighted by Crippen LogP contribution is 2.29. The number of hydrogen-bond donors (Lipinski definition) is 1. The number of benzene rings is 1. The van der Waals surface area contributed by atoms with E-state index in [0.717, 1.165) is 36.5 Å². The zero-order valence-electron chi connectivity index (χ0n) is 13.1. The monoisotopic (exact) mass is 305 g/mol. The molecule has 0 aliphatic rings. The van der Waals surface area contributed by atoms with Crippen LogP contribution >= 0.6 is 11.6 Å². The average molecular weight is 306 g/mol. The van der Waals surface area contributed by atoms with Crippen LogP contribution in [-0.2, 0) is 6.54 Å². The van der Waals surface area contributed by atoms with E-state index in [-0.39, 0.29) is 6.04 Å². The van der Waals surface area contributed by atoms with Crippen LogP contribution in [0.5, 0.6) is 0 Å². The average Bonchev–Trinajstić information content (AvgIpc) is 2.92. The van der Waals surface area contributed by atoms with Gasteiger partial charge in [0.25, 0.3) is 0 Å². The molecule has 0 saturated carbocycles. The molecule has 4 heteroatoms. The topological polar surface area (TPSA) is 29.9 Å². The molecule has 0 saturated heterocycles. The summed E-state index contributed by atoms with van der Waals surface area (Å²) in [5.41, 5.74) is 3.57. The van der Waals surface area contributed by atoms with Crippen LogP contribution in [0.4, 0.5) is 0 Å². The summed E-state index contributed by atoms with van der Waals surface area (Å²) in [6.45, 7) is 8.34. The van der Waals surface area contributed by atoms with Crippen molar-refractivity contribution in [3.63, 3.8) is 0 Å². The van der Waals surface area contributed by atoms with Crippen molar-refractivity contribution in [1.29, 1.82) is 0 Å². The third-order valence-corrected chi connectivity index (χ3v) is 4.11. The number of aryl methyl sites for hydroxylation is 1. The molecule has 21 heavy (non-hydrogen) atoms. The third-order valence-electron chi connectivity index (χ3n) is 3.70. The van der Waals surface area contributed by atoms with Crippen LogP contribution in [0.3, 0.4) is 0 Å². The minimum atomic E-state index is 0.137. The molecule has 1 aromatic carbocycles. The quantitative estimate of drug-likeness (QED) is 0.824. The lowest BCUT2D eigenvalue weighted by Gasteiger charge is -2.22. The van der Waals surface area contributed by atoms with Crippen molar-refractivity contribution < 1.29 is 0 Å². The Labute approximate surface area is 132 Å². The van der Waals surface area contributed by atoms with E-state index >= 15 is 0 Å². The normalized spacial score (nSPS) is 12.6. The molecular formula is C17H24ClN3. The predicted octanol–water partition coefficient (Wildman–Crippen LogP) is 4.34. The van der Waals surface area contributed by atoms with E-state index in [1.807, 2.05) is 18.3 Å². The maximum Gasteiger partial charge on any atom is 0.0751 e. The summed E-state index contributed by atoms with van der Waals surface area (Å²) in [5.74, 6) is 0. The molecule has 0 aliphatic carbocycles. The molecule has 2 aromatic rings. The fourth-order valence-electron chi connectivity index (χ4n) is 2.59. The highest BCUT2D eigenvalue weighted by Gasteiger charge is 2.20. The molecule has 0 bridgehead atoms. The van der Waals surface area contributed by atoms with Crippen LogP contribution in [0, 0.1) is 6.92 Å². The van der Waals surface area contributed by atoms with Crippen LogP contribution in [-0.4, -0.2) is 16.3 Å². The predicted molar refractivity (Wildman–Crippen MR) is 88.8 cm³/mol. The first-order valence-corrected chi connectivity index (χ1v) is 8.06. The first-order chi connectivity index (χ1) is 10.2. The first-order valence-electron chi connectivity index (χ1n) is 7.69. The molecule has 1 atom stereocenters. The second-order valence-corrected chi connectivity index (χ2v) is 5.73. The molecule has 3 nitrogen and oxygen atoms in total. The summed E-state index contributed by atoms with van der Waals surface area (Å²) in [7, 11) is 0. The van der Waals surface area contributed by atoms with Crippen molar-refractivity contribution in [1.82, 2.24) is 15.1 Å². The molecule has 1 aromatic heterocycles. The van der Waals surface area contributed by atoms with E-state index in [2.05, 4.69) is 48.0 Å². The Balaban J connectivity index is 2.42. The lowest BCUT2D eigenvalue weighted by atomic mass is 9.98. The minimum absolute atomic E-state index is 0.137. The highest BCUT2D eigenvalue weighted by atomic mass is 35.5. The molecule has 1 unspecified atom stereocenters. The SMILES string of the molecule is CCCNC(c1cccc(Cl)c1C)c1ccnn1CCC. The summed E-state index contributed by atoms with van der Waals surface area (Å²) in [6, 6.07) is 8.35. The minimum Gasteiger partial charge on any atom is -0.305 e. The van der Waals surface area contributed by atoms with Crippen molar-refractivity contribution in [3.05, 3.63) is 52.3 Å². The molecule has 2 rings (SSSR count). The fraction of sp³-hybridized carbons (Fsp3) is 0.471. The van der Waals surface area contributed by atoms with Crippen LogP contribution in [0.25, 0.3) is 0 Å². The molecule has 0 fully saturated rings. The highest BCUT2D eigenvalue weighted by molar-refractivity contribution is 6.31. The van der Waals surface area contributed by atoms with E-state index in [1.165, 1.54) is 11.3 Å². The van der Waals surface area contributed by atoms with Crippen molar-refractivity contribution in [2.75, 3.05) is 6.54 Å². The van der Waals surface area contributed by atoms with Gasteiger partial charge in [0.15, 0.2) is 0 Å². The van der Waals surface area contributed by atoms with Gasteiger partial charge in [-0.1, -0.05) is 37.6 Å². The van der Waals surface area contributed by atoms with Gasteiger partial charge in [0.2, 0.25) is 0 Å². The van der Waals surface area contributed by atoms with Gasteiger partial charge in [-0.2, -0.15) is 5.10 Å². The number of nitrogens with one attached hydrogen (secondary N) is 1. The lowest BCUT2D eigenvalue weighted by Crippen LogP contribution is -2.26. The summed E-state index contributed by atoms with van der Waals surface area (Å²) in [4.78, 5) is 0. The van der Waals surface area contributed by atoms with Gasteiger partial charge >= 0.3 is 0 Å². The number of halogens is 1. The van der Waals surface area contributed by atoms with E-state index in [9.17, 15) is 0 Å². The smallest absolute Gasteiger partial charge is 0.0751 e. The number of nitrogens with zero attached hydrogens (tertiary/aromatic N) is 2. The van der Waals surface area contributed by atoms with E-state index < -0.39 is 0 Å². The van der Waals surface area contributed by atoms with E-state index in [1.54, 1.807) is 0 Å². The van der Waals surface area contributed by atoms with Gasteiger partial charge < -0.3 is 5.32 Å². The van der Waals surface area contributed by atoms with Gasteiger partial charge in [0, 0.05) is 17.8 Å². The van der Waals surface area contributed by atoms with Crippen LogP contribution in [0.2, 0.25) is 5.02 Å². The maximum absolute atomic E-state index is 6.30. The zero-order valence-corrected chi connectivity index (χ0v) is 13.8. The number of hydrogen-bond acceptors (Lipinski definition) is 2. The van der Waals surface area contributed by atoms with Gasteiger partial charge in [0.1, 0.15) is 0 Å². The van der Waals surface area contributed by atoms with E-state index in [0.29, 0.717) is 0 Å². The molecule has 114 valence electrons. The van der Waals surface area contributed by atoms with Crippen molar-refractivity contribution in [2.24, 2.45) is 0 Å². The van der Waals surface area contributed by atoms with Gasteiger partial charge in [-0.15, -0.1) is 0 Å². The lowest BCUT2D eigenvalue weighted by molar-refractivity contribution is 0.510. The maximum atomic E-state index is 6.30. The molecule has 0 amide bonds. The Morgan fingerprint density at radius 3 is 2.76 bits per heavy atom. The summed E-state index contributed by atoms with van der Waals surface area (Å²) < 4.78 is 2.09. The number of rotatable bonds is 7.